The molecule has 1 aliphatic rings. The molecule has 0 saturated carbocycles. The number of H-pyrrole nitrogens is 1. The van der Waals surface area contributed by atoms with Crippen molar-refractivity contribution < 1.29 is 5.11 Å². The molecular weight excluding hydrogens is 274 g/mol. The average molecular weight is 288 g/mol. The van der Waals surface area contributed by atoms with Crippen molar-refractivity contribution in [3.63, 3.8) is 0 Å². The summed E-state index contributed by atoms with van der Waals surface area (Å²) in [7, 11) is 0. The predicted octanol–water partition coefficient (Wildman–Crippen LogP) is 0.741. The topological polar surface area (TPSA) is 69.2 Å². The summed E-state index contributed by atoms with van der Waals surface area (Å²) in [5, 5.41) is 9.15. The van der Waals surface area contributed by atoms with Gasteiger partial charge in [0.2, 0.25) is 0 Å². The third kappa shape index (κ3) is 2.27. The van der Waals surface area contributed by atoms with Gasteiger partial charge >= 0.3 is 0 Å². The number of anilines is 1. The molecule has 6 heteroatoms. The molecule has 5 nitrogen and oxygen atoms in total. The van der Waals surface area contributed by atoms with E-state index >= 15 is 0 Å². The second-order valence-electron chi connectivity index (χ2n) is 4.01. The fourth-order valence-corrected chi connectivity index (χ4v) is 2.47. The Hall–Kier alpha value is -0.880. The van der Waals surface area contributed by atoms with Crippen LogP contribution in [0.1, 0.15) is 12.8 Å². The molecule has 0 bridgehead atoms. The Kier molecular flexibility index (Phi) is 3.60. The lowest BCUT2D eigenvalue weighted by atomic mass is 9.99. The Morgan fingerprint density at radius 2 is 2.50 bits per heavy atom. The second-order valence-corrected chi connectivity index (χ2v) is 4.80. The van der Waals surface area contributed by atoms with Crippen molar-refractivity contribution in [1.82, 2.24) is 9.97 Å². The van der Waals surface area contributed by atoms with Crippen LogP contribution in [-0.2, 0) is 0 Å². The SMILES string of the molecule is O=c1[nH]cnc(N2CCCC(CO)C2)c1Br. The van der Waals surface area contributed by atoms with Gasteiger partial charge in [-0.1, -0.05) is 0 Å². The van der Waals surface area contributed by atoms with Crippen LogP contribution in [0.3, 0.4) is 0 Å². The number of nitrogens with one attached hydrogen (secondary N) is 1. The van der Waals surface area contributed by atoms with Gasteiger partial charge in [-0.2, -0.15) is 0 Å². The van der Waals surface area contributed by atoms with E-state index in [1.807, 2.05) is 4.90 Å². The van der Waals surface area contributed by atoms with Crippen LogP contribution in [0.25, 0.3) is 0 Å². The maximum atomic E-state index is 11.4. The van der Waals surface area contributed by atoms with E-state index in [1.165, 1.54) is 6.33 Å². The number of aromatic nitrogens is 2. The van der Waals surface area contributed by atoms with Gasteiger partial charge in [0.1, 0.15) is 10.3 Å². The number of piperidine rings is 1. The zero-order chi connectivity index (χ0) is 11.5. The molecule has 1 aromatic heterocycles. The van der Waals surface area contributed by atoms with Crippen LogP contribution in [0.4, 0.5) is 5.82 Å². The van der Waals surface area contributed by atoms with Crippen molar-refractivity contribution in [1.29, 1.82) is 0 Å². The lowest BCUT2D eigenvalue weighted by Crippen LogP contribution is -2.38. The number of hydrogen-bond acceptors (Lipinski definition) is 4. The second kappa shape index (κ2) is 4.97. The maximum absolute atomic E-state index is 11.4. The predicted molar refractivity (Wildman–Crippen MR) is 64.6 cm³/mol. The first-order valence-corrected chi connectivity index (χ1v) is 6.10. The highest BCUT2D eigenvalue weighted by Crippen LogP contribution is 2.24. The summed E-state index contributed by atoms with van der Waals surface area (Å²) in [4.78, 5) is 20.1. The number of aliphatic hydroxyl groups excluding tert-OH is 1. The first-order chi connectivity index (χ1) is 7.72. The smallest absolute Gasteiger partial charge is 0.267 e. The fraction of sp³-hybridized carbons (Fsp3) is 0.600. The Bertz CT molecular complexity index is 421. The van der Waals surface area contributed by atoms with Gasteiger partial charge in [-0.3, -0.25) is 4.79 Å². The molecule has 1 unspecified atom stereocenters. The number of aromatic amines is 1. The van der Waals surface area contributed by atoms with Crippen molar-refractivity contribution in [3.8, 4) is 0 Å². The summed E-state index contributed by atoms with van der Waals surface area (Å²) in [5.74, 6) is 0.948. The van der Waals surface area contributed by atoms with E-state index in [-0.39, 0.29) is 18.1 Å². The fourth-order valence-electron chi connectivity index (χ4n) is 2.00. The minimum Gasteiger partial charge on any atom is -0.396 e. The van der Waals surface area contributed by atoms with Crippen LogP contribution in [0.15, 0.2) is 15.6 Å². The van der Waals surface area contributed by atoms with E-state index in [9.17, 15) is 4.79 Å². The highest BCUT2D eigenvalue weighted by molar-refractivity contribution is 9.10. The van der Waals surface area contributed by atoms with E-state index in [0.29, 0.717) is 10.3 Å². The van der Waals surface area contributed by atoms with Gasteiger partial charge in [0.05, 0.1) is 6.33 Å². The minimum atomic E-state index is -0.170. The monoisotopic (exact) mass is 287 g/mol. The highest BCUT2D eigenvalue weighted by atomic mass is 79.9. The maximum Gasteiger partial charge on any atom is 0.267 e. The van der Waals surface area contributed by atoms with E-state index in [0.717, 1.165) is 25.9 Å². The summed E-state index contributed by atoms with van der Waals surface area (Å²) in [6, 6.07) is 0. The Morgan fingerprint density at radius 1 is 1.69 bits per heavy atom. The summed E-state index contributed by atoms with van der Waals surface area (Å²) >= 11 is 3.25. The normalized spacial score (nSPS) is 21.1. The molecule has 0 aliphatic carbocycles. The lowest BCUT2D eigenvalue weighted by molar-refractivity contribution is 0.208. The molecule has 0 spiro atoms. The van der Waals surface area contributed by atoms with Gasteiger partial charge in [0.15, 0.2) is 0 Å². The van der Waals surface area contributed by atoms with Gasteiger partial charge < -0.3 is 15.0 Å². The number of hydrogen-bond donors (Lipinski definition) is 2. The summed E-state index contributed by atoms with van der Waals surface area (Å²) in [5.41, 5.74) is -0.170. The zero-order valence-corrected chi connectivity index (χ0v) is 10.4. The molecular formula is C10H14BrN3O2. The van der Waals surface area contributed by atoms with Crippen LogP contribution in [0.5, 0.6) is 0 Å². The third-order valence-electron chi connectivity index (χ3n) is 2.85. The standard InChI is InChI=1S/C10H14BrN3O2/c11-8-9(12-6-13-10(8)16)14-3-1-2-7(4-14)5-15/h6-7,15H,1-5H2,(H,12,13,16). The Balaban J connectivity index is 2.23. The Labute approximate surface area is 102 Å². The molecule has 0 amide bonds. The molecule has 88 valence electrons. The summed E-state index contributed by atoms with van der Waals surface area (Å²) < 4.78 is 0.466. The molecule has 2 heterocycles. The van der Waals surface area contributed by atoms with Crippen molar-refractivity contribution >= 4 is 21.7 Å². The molecule has 1 fully saturated rings. The van der Waals surface area contributed by atoms with E-state index < -0.39 is 0 Å². The number of aliphatic hydroxyl groups is 1. The van der Waals surface area contributed by atoms with Crippen LogP contribution in [0.2, 0.25) is 0 Å². The average Bonchev–Trinajstić information content (AvgIpc) is 2.33. The molecule has 2 N–H and O–H groups in total. The lowest BCUT2D eigenvalue weighted by Gasteiger charge is -2.32. The molecule has 1 aromatic rings. The van der Waals surface area contributed by atoms with Crippen molar-refractivity contribution in [3.05, 3.63) is 21.2 Å². The van der Waals surface area contributed by atoms with Crippen molar-refractivity contribution in [2.75, 3.05) is 24.6 Å². The van der Waals surface area contributed by atoms with Gasteiger partial charge in [-0.05, 0) is 34.7 Å². The van der Waals surface area contributed by atoms with Crippen molar-refractivity contribution in [2.45, 2.75) is 12.8 Å². The van der Waals surface area contributed by atoms with E-state index in [2.05, 4.69) is 25.9 Å². The van der Waals surface area contributed by atoms with Crippen LogP contribution >= 0.6 is 15.9 Å². The molecule has 1 aliphatic heterocycles. The zero-order valence-electron chi connectivity index (χ0n) is 8.82. The van der Waals surface area contributed by atoms with E-state index in [1.54, 1.807) is 0 Å². The molecule has 16 heavy (non-hydrogen) atoms. The first kappa shape index (κ1) is 11.6. The molecule has 0 aromatic carbocycles. The van der Waals surface area contributed by atoms with Crippen molar-refractivity contribution in [2.24, 2.45) is 5.92 Å². The molecule has 1 saturated heterocycles. The number of halogens is 1. The summed E-state index contributed by atoms with van der Waals surface area (Å²) in [6.45, 7) is 1.83. The quantitative estimate of drug-likeness (QED) is 0.842. The third-order valence-corrected chi connectivity index (χ3v) is 3.57. The number of rotatable bonds is 2. The molecule has 0 radical (unpaired) electrons. The van der Waals surface area contributed by atoms with Crippen LogP contribution in [-0.4, -0.2) is 34.8 Å². The first-order valence-electron chi connectivity index (χ1n) is 5.31. The van der Waals surface area contributed by atoms with Crippen LogP contribution < -0.4 is 10.5 Å². The Morgan fingerprint density at radius 3 is 3.25 bits per heavy atom. The highest BCUT2D eigenvalue weighted by Gasteiger charge is 2.22. The summed E-state index contributed by atoms with van der Waals surface area (Å²) in [6.07, 6.45) is 3.46. The van der Waals surface area contributed by atoms with Gasteiger partial charge in [-0.15, -0.1) is 0 Å². The molecule has 2 rings (SSSR count). The largest absolute Gasteiger partial charge is 0.396 e. The van der Waals surface area contributed by atoms with E-state index in [4.69, 9.17) is 5.11 Å². The number of nitrogens with zero attached hydrogens (tertiary/aromatic N) is 2. The minimum absolute atomic E-state index is 0.170. The van der Waals surface area contributed by atoms with Crippen LogP contribution in [0, 0.1) is 5.92 Å². The van der Waals surface area contributed by atoms with Gasteiger partial charge in [0, 0.05) is 19.7 Å². The van der Waals surface area contributed by atoms with Gasteiger partial charge in [-0.25, -0.2) is 4.98 Å². The van der Waals surface area contributed by atoms with Gasteiger partial charge in [0.25, 0.3) is 5.56 Å². The molecule has 1 atom stereocenters.